The number of alkyl halides is 2. The maximum Gasteiger partial charge on any atom is 0.407 e. The van der Waals surface area contributed by atoms with E-state index in [-0.39, 0.29) is 23.9 Å². The number of ether oxygens (including phenoxy) is 1. The second-order valence-electron chi connectivity index (χ2n) is 7.79. The zero-order valence-corrected chi connectivity index (χ0v) is 19.1. The van der Waals surface area contributed by atoms with Gasteiger partial charge in [-0.25, -0.2) is 23.4 Å². The van der Waals surface area contributed by atoms with Gasteiger partial charge in [0.2, 0.25) is 6.43 Å². The zero-order chi connectivity index (χ0) is 24.9. The van der Waals surface area contributed by atoms with Crippen molar-refractivity contribution in [3.8, 4) is 11.1 Å². The van der Waals surface area contributed by atoms with Crippen LogP contribution < -0.4 is 10.6 Å². The fourth-order valence-corrected chi connectivity index (χ4v) is 4.68. The summed E-state index contributed by atoms with van der Waals surface area (Å²) in [7, 11) is 0. The molecule has 0 aliphatic heterocycles. The number of carbonyl (C=O) groups is 3. The number of aromatic nitrogens is 1. The summed E-state index contributed by atoms with van der Waals surface area (Å²) in [6.45, 7) is 0.125. The molecule has 1 aliphatic carbocycles. The normalized spacial score (nSPS) is 13.1. The van der Waals surface area contributed by atoms with Crippen LogP contribution in [0.4, 0.5) is 13.6 Å². The van der Waals surface area contributed by atoms with E-state index in [9.17, 15) is 23.2 Å². The summed E-state index contributed by atoms with van der Waals surface area (Å²) >= 11 is 0.906. The Balaban J connectivity index is 1.30. The van der Waals surface area contributed by atoms with Crippen molar-refractivity contribution in [3.63, 3.8) is 0 Å². The van der Waals surface area contributed by atoms with Gasteiger partial charge < -0.3 is 20.5 Å². The van der Waals surface area contributed by atoms with Gasteiger partial charge in [0.25, 0.3) is 5.91 Å². The van der Waals surface area contributed by atoms with Gasteiger partial charge in [-0.1, -0.05) is 48.5 Å². The molecule has 0 spiro atoms. The van der Waals surface area contributed by atoms with Gasteiger partial charge in [0.15, 0.2) is 0 Å². The number of alkyl carbamates (subject to hydrolysis) is 1. The van der Waals surface area contributed by atoms with Crippen molar-refractivity contribution in [2.45, 2.75) is 31.4 Å². The third-order valence-electron chi connectivity index (χ3n) is 5.52. The molecule has 2 amide bonds. The Labute approximate surface area is 203 Å². The van der Waals surface area contributed by atoms with Crippen molar-refractivity contribution in [2.24, 2.45) is 0 Å². The number of halogens is 2. The summed E-state index contributed by atoms with van der Waals surface area (Å²) < 4.78 is 30.5. The molecule has 1 aliphatic rings. The number of benzene rings is 2. The van der Waals surface area contributed by atoms with Crippen molar-refractivity contribution in [1.82, 2.24) is 15.6 Å². The zero-order valence-electron chi connectivity index (χ0n) is 18.2. The molecule has 8 nitrogen and oxygen atoms in total. The van der Waals surface area contributed by atoms with Crippen molar-refractivity contribution < 1.29 is 33.0 Å². The third-order valence-corrected chi connectivity index (χ3v) is 6.52. The Morgan fingerprint density at radius 3 is 2.29 bits per heavy atom. The van der Waals surface area contributed by atoms with E-state index in [1.807, 2.05) is 48.5 Å². The molecule has 3 aromatic rings. The SMILES string of the molecule is O=C(NCc1ncc(C(=O)NC(CC(F)F)C(=O)O)s1)OCC1c2ccccc2-c2ccccc21. The minimum absolute atomic E-state index is 0.0198. The van der Waals surface area contributed by atoms with Crippen LogP contribution in [0.15, 0.2) is 54.7 Å². The molecule has 4 rings (SSSR count). The molecule has 1 unspecified atom stereocenters. The fourth-order valence-electron chi connectivity index (χ4n) is 3.92. The van der Waals surface area contributed by atoms with E-state index in [1.54, 1.807) is 0 Å². The van der Waals surface area contributed by atoms with Gasteiger partial charge >= 0.3 is 12.1 Å². The predicted molar refractivity (Wildman–Crippen MR) is 124 cm³/mol. The van der Waals surface area contributed by atoms with Gasteiger partial charge in [-0.3, -0.25) is 4.79 Å². The molecule has 182 valence electrons. The summed E-state index contributed by atoms with van der Waals surface area (Å²) in [5.74, 6) is -2.47. The van der Waals surface area contributed by atoms with Crippen LogP contribution in [0.25, 0.3) is 11.1 Å². The molecule has 2 aromatic carbocycles. The molecule has 0 radical (unpaired) electrons. The van der Waals surface area contributed by atoms with Gasteiger partial charge in [0, 0.05) is 12.3 Å². The second-order valence-corrected chi connectivity index (χ2v) is 8.90. The first kappa shape index (κ1) is 24.3. The molecular formula is C24H21F2N3O5S. The fraction of sp³-hybridized carbons (Fsp3) is 0.250. The van der Waals surface area contributed by atoms with Gasteiger partial charge in [0.1, 0.15) is 22.5 Å². The smallest absolute Gasteiger partial charge is 0.407 e. The van der Waals surface area contributed by atoms with Crippen LogP contribution in [0.2, 0.25) is 0 Å². The summed E-state index contributed by atoms with van der Waals surface area (Å²) in [5.41, 5.74) is 4.40. The molecule has 1 aromatic heterocycles. The van der Waals surface area contributed by atoms with E-state index >= 15 is 0 Å². The molecule has 1 atom stereocenters. The number of nitrogens with zero attached hydrogens (tertiary/aromatic N) is 1. The quantitative estimate of drug-likeness (QED) is 0.408. The predicted octanol–water partition coefficient (Wildman–Crippen LogP) is 4.02. The molecule has 1 heterocycles. The topological polar surface area (TPSA) is 118 Å². The first-order valence-electron chi connectivity index (χ1n) is 10.7. The molecule has 35 heavy (non-hydrogen) atoms. The van der Waals surface area contributed by atoms with E-state index in [2.05, 4.69) is 15.6 Å². The number of nitrogens with one attached hydrogen (secondary N) is 2. The van der Waals surface area contributed by atoms with E-state index in [0.717, 1.165) is 33.6 Å². The van der Waals surface area contributed by atoms with Crippen LogP contribution in [-0.2, 0) is 16.1 Å². The van der Waals surface area contributed by atoms with Gasteiger partial charge in [-0.05, 0) is 22.3 Å². The highest BCUT2D eigenvalue weighted by Gasteiger charge is 2.29. The number of fused-ring (bicyclic) bond motifs is 3. The van der Waals surface area contributed by atoms with E-state index < -0.39 is 36.9 Å². The van der Waals surface area contributed by atoms with Crippen molar-refractivity contribution in [2.75, 3.05) is 6.61 Å². The van der Waals surface area contributed by atoms with E-state index in [4.69, 9.17) is 9.84 Å². The largest absolute Gasteiger partial charge is 0.480 e. The Kier molecular flexibility index (Phi) is 7.35. The molecular weight excluding hydrogens is 480 g/mol. The minimum Gasteiger partial charge on any atom is -0.480 e. The molecule has 0 saturated carbocycles. The standard InChI is InChI=1S/C24H21F2N3O5S/c25-20(26)9-18(23(31)32)29-22(30)19-10-27-21(35-19)11-28-24(33)34-12-17-15-7-3-1-5-13(15)14-6-2-4-8-16(14)17/h1-8,10,17-18,20H,9,11-12H2,(H,28,33)(H,29,30)(H,31,32). The molecule has 0 bridgehead atoms. The van der Waals surface area contributed by atoms with Crippen LogP contribution in [0.1, 0.15) is 38.1 Å². The number of thiazole rings is 1. The van der Waals surface area contributed by atoms with Gasteiger partial charge in [-0.2, -0.15) is 0 Å². The van der Waals surface area contributed by atoms with Crippen LogP contribution in [0.5, 0.6) is 0 Å². The third kappa shape index (κ3) is 5.62. The first-order chi connectivity index (χ1) is 16.8. The highest BCUT2D eigenvalue weighted by atomic mass is 32.1. The van der Waals surface area contributed by atoms with Crippen LogP contribution in [0.3, 0.4) is 0 Å². The van der Waals surface area contributed by atoms with Crippen LogP contribution in [0, 0.1) is 0 Å². The summed E-state index contributed by atoms with van der Waals surface area (Å²) in [6, 6.07) is 14.2. The Morgan fingerprint density at radius 2 is 1.69 bits per heavy atom. The number of carboxylic acid groups (broad SMARTS) is 1. The van der Waals surface area contributed by atoms with Crippen molar-refractivity contribution >= 4 is 29.3 Å². The van der Waals surface area contributed by atoms with Gasteiger partial charge in [0.05, 0.1) is 12.7 Å². The second kappa shape index (κ2) is 10.6. The molecule has 11 heteroatoms. The maximum atomic E-state index is 12.5. The Bertz CT molecular complexity index is 1200. The molecule has 3 N–H and O–H groups in total. The lowest BCUT2D eigenvalue weighted by Gasteiger charge is -2.14. The molecule has 0 fully saturated rings. The Hall–Kier alpha value is -3.86. The average molecular weight is 502 g/mol. The number of aliphatic carboxylic acids is 1. The Morgan fingerprint density at radius 1 is 1.06 bits per heavy atom. The van der Waals surface area contributed by atoms with Crippen molar-refractivity contribution in [1.29, 1.82) is 0 Å². The lowest BCUT2D eigenvalue weighted by Crippen LogP contribution is -2.41. The summed E-state index contributed by atoms with van der Waals surface area (Å²) in [4.78, 5) is 39.6. The number of carbonyl (C=O) groups excluding carboxylic acids is 2. The number of hydrogen-bond acceptors (Lipinski definition) is 6. The lowest BCUT2D eigenvalue weighted by atomic mass is 9.98. The minimum atomic E-state index is -2.88. The highest BCUT2D eigenvalue weighted by molar-refractivity contribution is 7.13. The molecule has 0 saturated heterocycles. The monoisotopic (exact) mass is 501 g/mol. The lowest BCUT2D eigenvalue weighted by molar-refractivity contribution is -0.140. The number of amides is 2. The van der Waals surface area contributed by atoms with Gasteiger partial charge in [-0.15, -0.1) is 11.3 Å². The number of rotatable bonds is 9. The van der Waals surface area contributed by atoms with Crippen LogP contribution in [-0.4, -0.2) is 47.1 Å². The van der Waals surface area contributed by atoms with Crippen LogP contribution >= 0.6 is 11.3 Å². The number of hydrogen-bond donors (Lipinski definition) is 3. The first-order valence-corrected chi connectivity index (χ1v) is 11.5. The summed E-state index contributed by atoms with van der Waals surface area (Å²) in [6.07, 6.45) is -3.35. The van der Waals surface area contributed by atoms with E-state index in [1.165, 1.54) is 6.20 Å². The van der Waals surface area contributed by atoms with E-state index in [0.29, 0.717) is 5.01 Å². The maximum absolute atomic E-state index is 12.5. The average Bonchev–Trinajstić information content (AvgIpc) is 3.44. The summed E-state index contributed by atoms with van der Waals surface area (Å²) in [5, 5.41) is 14.0. The van der Waals surface area contributed by atoms with Crippen molar-refractivity contribution in [3.05, 3.63) is 75.7 Å². The number of carboxylic acids is 1. The highest BCUT2D eigenvalue weighted by Crippen LogP contribution is 2.44.